The van der Waals surface area contributed by atoms with Gasteiger partial charge in [-0.2, -0.15) is 0 Å². The molecule has 2 N–H and O–H groups in total. The minimum Gasteiger partial charge on any atom is -0.494 e. The van der Waals surface area contributed by atoms with Crippen LogP contribution in [-0.2, 0) is 0 Å². The maximum Gasteiger partial charge on any atom is 0.257 e. The molecule has 1 aliphatic rings. The SMILES string of the molecule is CCOc1ccc(C(=O)NC(=S)Nc2ccc(N3CCN(C(=O)c4ccccc4)CC3)cc2)cc1. The molecule has 1 heterocycles. The number of hydrogen-bond donors (Lipinski definition) is 2. The van der Waals surface area contributed by atoms with Crippen LogP contribution in [0.3, 0.4) is 0 Å². The van der Waals surface area contributed by atoms with E-state index in [1.54, 1.807) is 24.3 Å². The lowest BCUT2D eigenvalue weighted by Gasteiger charge is -2.36. The molecule has 0 spiro atoms. The van der Waals surface area contributed by atoms with Gasteiger partial charge in [-0.3, -0.25) is 14.9 Å². The second-order valence-corrected chi connectivity index (χ2v) is 8.47. The highest BCUT2D eigenvalue weighted by molar-refractivity contribution is 7.80. The number of ether oxygens (including phenoxy) is 1. The van der Waals surface area contributed by atoms with Gasteiger partial charge >= 0.3 is 0 Å². The van der Waals surface area contributed by atoms with Gasteiger partial charge in [0, 0.05) is 48.7 Å². The van der Waals surface area contributed by atoms with E-state index in [0.717, 1.165) is 30.0 Å². The normalized spacial score (nSPS) is 13.2. The number of hydrogen-bond acceptors (Lipinski definition) is 5. The second-order valence-electron chi connectivity index (χ2n) is 8.06. The Morgan fingerprint density at radius 3 is 2.14 bits per heavy atom. The van der Waals surface area contributed by atoms with Crippen molar-refractivity contribution >= 4 is 40.5 Å². The Kier molecular flexibility index (Phi) is 7.95. The van der Waals surface area contributed by atoms with Crippen molar-refractivity contribution in [3.63, 3.8) is 0 Å². The first-order chi connectivity index (χ1) is 17.0. The van der Waals surface area contributed by atoms with Crippen LogP contribution in [-0.4, -0.2) is 54.6 Å². The fourth-order valence-electron chi connectivity index (χ4n) is 3.89. The lowest BCUT2D eigenvalue weighted by molar-refractivity contribution is 0.0746. The lowest BCUT2D eigenvalue weighted by Crippen LogP contribution is -2.48. The summed E-state index contributed by atoms with van der Waals surface area (Å²) in [5.41, 5.74) is 3.08. The summed E-state index contributed by atoms with van der Waals surface area (Å²) in [5.74, 6) is 0.504. The second kappa shape index (κ2) is 11.5. The number of thiocarbonyl (C=S) groups is 1. The van der Waals surface area contributed by atoms with E-state index in [1.807, 2.05) is 66.4 Å². The molecule has 35 heavy (non-hydrogen) atoms. The maximum absolute atomic E-state index is 12.7. The molecule has 2 amide bonds. The summed E-state index contributed by atoms with van der Waals surface area (Å²) in [6, 6.07) is 24.2. The van der Waals surface area contributed by atoms with Crippen LogP contribution in [0.2, 0.25) is 0 Å². The molecule has 0 radical (unpaired) electrons. The van der Waals surface area contributed by atoms with Gasteiger partial charge in [-0.25, -0.2) is 0 Å². The number of rotatable bonds is 6. The lowest BCUT2D eigenvalue weighted by atomic mass is 10.1. The quantitative estimate of drug-likeness (QED) is 0.508. The highest BCUT2D eigenvalue weighted by atomic mass is 32.1. The van der Waals surface area contributed by atoms with Crippen LogP contribution < -0.4 is 20.3 Å². The molecule has 1 aliphatic heterocycles. The fraction of sp³-hybridized carbons (Fsp3) is 0.222. The predicted octanol–water partition coefficient (Wildman–Crippen LogP) is 4.17. The van der Waals surface area contributed by atoms with E-state index in [4.69, 9.17) is 17.0 Å². The van der Waals surface area contributed by atoms with Gasteiger partial charge in [-0.1, -0.05) is 18.2 Å². The highest BCUT2D eigenvalue weighted by Gasteiger charge is 2.22. The van der Waals surface area contributed by atoms with Crippen molar-refractivity contribution in [2.45, 2.75) is 6.92 Å². The minimum atomic E-state index is -0.287. The Morgan fingerprint density at radius 2 is 1.51 bits per heavy atom. The van der Waals surface area contributed by atoms with Gasteiger partial charge in [0.05, 0.1) is 6.61 Å². The molecule has 0 aromatic heterocycles. The van der Waals surface area contributed by atoms with Crippen LogP contribution in [0.25, 0.3) is 0 Å². The van der Waals surface area contributed by atoms with Gasteiger partial charge in [0.15, 0.2) is 5.11 Å². The van der Waals surface area contributed by atoms with Gasteiger partial charge in [-0.05, 0) is 79.8 Å². The molecule has 3 aromatic carbocycles. The molecular formula is C27H28N4O3S. The molecule has 0 bridgehead atoms. The Hall–Kier alpha value is -3.91. The summed E-state index contributed by atoms with van der Waals surface area (Å²) in [6.45, 7) is 5.36. The Balaban J connectivity index is 1.26. The summed E-state index contributed by atoms with van der Waals surface area (Å²) in [7, 11) is 0. The third-order valence-electron chi connectivity index (χ3n) is 5.73. The van der Waals surface area contributed by atoms with Crippen molar-refractivity contribution in [2.24, 2.45) is 0 Å². The van der Waals surface area contributed by atoms with E-state index in [2.05, 4.69) is 15.5 Å². The van der Waals surface area contributed by atoms with Gasteiger partial charge < -0.3 is 19.9 Å². The van der Waals surface area contributed by atoms with Crippen LogP contribution >= 0.6 is 12.2 Å². The van der Waals surface area contributed by atoms with Crippen LogP contribution in [0.1, 0.15) is 27.6 Å². The van der Waals surface area contributed by atoms with E-state index in [-0.39, 0.29) is 16.9 Å². The largest absolute Gasteiger partial charge is 0.494 e. The zero-order chi connectivity index (χ0) is 24.6. The summed E-state index contributed by atoms with van der Waals surface area (Å²) >= 11 is 5.30. The van der Waals surface area contributed by atoms with Crippen molar-refractivity contribution in [1.29, 1.82) is 0 Å². The zero-order valence-corrected chi connectivity index (χ0v) is 20.4. The number of nitrogens with zero attached hydrogens (tertiary/aromatic N) is 2. The minimum absolute atomic E-state index is 0.0746. The Morgan fingerprint density at radius 1 is 0.857 bits per heavy atom. The average molecular weight is 489 g/mol. The monoisotopic (exact) mass is 488 g/mol. The third kappa shape index (κ3) is 6.36. The molecule has 0 aliphatic carbocycles. The Bertz CT molecular complexity index is 1160. The summed E-state index contributed by atoms with van der Waals surface area (Å²) in [5, 5.41) is 5.97. The topological polar surface area (TPSA) is 73.9 Å². The molecule has 3 aromatic rings. The van der Waals surface area contributed by atoms with E-state index >= 15 is 0 Å². The van der Waals surface area contributed by atoms with E-state index in [1.165, 1.54) is 0 Å². The Labute approximate surface area is 210 Å². The molecule has 1 fully saturated rings. The summed E-state index contributed by atoms with van der Waals surface area (Å²) < 4.78 is 5.40. The van der Waals surface area contributed by atoms with Crippen molar-refractivity contribution < 1.29 is 14.3 Å². The third-order valence-corrected chi connectivity index (χ3v) is 5.94. The van der Waals surface area contributed by atoms with Crippen LogP contribution in [0.4, 0.5) is 11.4 Å². The predicted molar refractivity (Wildman–Crippen MR) is 142 cm³/mol. The fourth-order valence-corrected chi connectivity index (χ4v) is 4.10. The van der Waals surface area contributed by atoms with Crippen LogP contribution in [0.5, 0.6) is 5.75 Å². The summed E-state index contributed by atoms with van der Waals surface area (Å²) in [6.07, 6.45) is 0. The molecule has 7 nitrogen and oxygen atoms in total. The smallest absolute Gasteiger partial charge is 0.257 e. The van der Waals surface area contributed by atoms with Gasteiger partial charge in [0.2, 0.25) is 0 Å². The first-order valence-corrected chi connectivity index (χ1v) is 12.0. The molecule has 8 heteroatoms. The van der Waals surface area contributed by atoms with E-state index < -0.39 is 0 Å². The molecule has 4 rings (SSSR count). The summed E-state index contributed by atoms with van der Waals surface area (Å²) in [4.78, 5) is 29.2. The number of benzene rings is 3. The molecular weight excluding hydrogens is 460 g/mol. The number of anilines is 2. The van der Waals surface area contributed by atoms with E-state index in [9.17, 15) is 9.59 Å². The molecule has 0 unspecified atom stereocenters. The van der Waals surface area contributed by atoms with Gasteiger partial charge in [-0.15, -0.1) is 0 Å². The number of carbonyl (C=O) groups is 2. The first kappa shape index (κ1) is 24.2. The number of carbonyl (C=O) groups excluding carboxylic acids is 2. The molecule has 1 saturated heterocycles. The van der Waals surface area contributed by atoms with Crippen molar-refractivity contribution in [1.82, 2.24) is 10.2 Å². The van der Waals surface area contributed by atoms with Crippen LogP contribution in [0, 0.1) is 0 Å². The number of amides is 2. The molecule has 180 valence electrons. The van der Waals surface area contributed by atoms with Gasteiger partial charge in [0.25, 0.3) is 11.8 Å². The maximum atomic E-state index is 12.7. The zero-order valence-electron chi connectivity index (χ0n) is 19.6. The van der Waals surface area contributed by atoms with Crippen LogP contribution in [0.15, 0.2) is 78.9 Å². The number of piperazine rings is 1. The first-order valence-electron chi connectivity index (χ1n) is 11.6. The van der Waals surface area contributed by atoms with Crippen molar-refractivity contribution in [2.75, 3.05) is 43.0 Å². The highest BCUT2D eigenvalue weighted by Crippen LogP contribution is 2.20. The standard InChI is InChI=1S/C27H28N4O3S/c1-2-34-24-14-8-20(9-15-24)25(32)29-27(35)28-22-10-12-23(13-11-22)30-16-18-31(19-17-30)26(33)21-6-4-3-5-7-21/h3-15H,2,16-19H2,1H3,(H2,28,29,32,35). The van der Waals surface area contributed by atoms with Crippen molar-refractivity contribution in [3.05, 3.63) is 90.0 Å². The number of nitrogens with one attached hydrogen (secondary N) is 2. The van der Waals surface area contributed by atoms with Crippen molar-refractivity contribution in [3.8, 4) is 5.75 Å². The van der Waals surface area contributed by atoms with Gasteiger partial charge in [0.1, 0.15) is 5.75 Å². The molecule has 0 saturated carbocycles. The van der Waals surface area contributed by atoms with E-state index in [0.29, 0.717) is 31.0 Å². The molecule has 0 atom stereocenters. The average Bonchev–Trinajstić information content (AvgIpc) is 2.90.